The lowest BCUT2D eigenvalue weighted by Crippen LogP contribution is -2.46. The summed E-state index contributed by atoms with van der Waals surface area (Å²) in [6.45, 7) is 4.20. The van der Waals surface area contributed by atoms with Crippen LogP contribution in [0.4, 0.5) is 5.82 Å². The van der Waals surface area contributed by atoms with E-state index < -0.39 is 0 Å². The Morgan fingerprint density at radius 1 is 1.60 bits per heavy atom. The van der Waals surface area contributed by atoms with Gasteiger partial charge >= 0.3 is 0 Å². The first-order valence-corrected chi connectivity index (χ1v) is 6.09. The van der Waals surface area contributed by atoms with Gasteiger partial charge in [0.25, 0.3) is 0 Å². The number of rotatable bonds is 1. The summed E-state index contributed by atoms with van der Waals surface area (Å²) < 4.78 is 1.06. The molecular formula is C11H16BrN3. The highest BCUT2D eigenvalue weighted by Gasteiger charge is 2.24. The Morgan fingerprint density at radius 3 is 3.07 bits per heavy atom. The Hall–Kier alpha value is -0.610. The minimum Gasteiger partial charge on any atom is -0.355 e. The van der Waals surface area contributed by atoms with E-state index in [1.165, 1.54) is 0 Å². The van der Waals surface area contributed by atoms with Crippen molar-refractivity contribution in [1.82, 2.24) is 4.98 Å². The fourth-order valence-electron chi connectivity index (χ4n) is 1.97. The molecule has 0 aliphatic carbocycles. The van der Waals surface area contributed by atoms with Crippen molar-refractivity contribution >= 4 is 21.7 Å². The van der Waals surface area contributed by atoms with Crippen LogP contribution in [0.2, 0.25) is 0 Å². The number of piperidine rings is 1. The molecule has 0 amide bonds. The van der Waals surface area contributed by atoms with Crippen LogP contribution in [-0.4, -0.2) is 24.1 Å². The number of aromatic nitrogens is 1. The van der Waals surface area contributed by atoms with Crippen molar-refractivity contribution in [3.8, 4) is 0 Å². The highest BCUT2D eigenvalue weighted by atomic mass is 79.9. The van der Waals surface area contributed by atoms with E-state index >= 15 is 0 Å². The van der Waals surface area contributed by atoms with E-state index in [0.29, 0.717) is 12.0 Å². The van der Waals surface area contributed by atoms with Crippen LogP contribution in [0.1, 0.15) is 13.3 Å². The van der Waals surface area contributed by atoms with Crippen LogP contribution in [0.3, 0.4) is 0 Å². The number of halogens is 1. The maximum atomic E-state index is 6.00. The van der Waals surface area contributed by atoms with E-state index in [1.807, 2.05) is 18.3 Å². The van der Waals surface area contributed by atoms with E-state index in [2.05, 4.69) is 32.7 Å². The topological polar surface area (TPSA) is 42.2 Å². The number of anilines is 1. The highest BCUT2D eigenvalue weighted by Crippen LogP contribution is 2.26. The Labute approximate surface area is 98.8 Å². The normalized spacial score (nSPS) is 26.7. The highest BCUT2D eigenvalue weighted by molar-refractivity contribution is 9.10. The molecule has 1 aromatic rings. The van der Waals surface area contributed by atoms with Crippen molar-refractivity contribution in [3.63, 3.8) is 0 Å². The molecule has 1 aliphatic rings. The van der Waals surface area contributed by atoms with Crippen LogP contribution in [-0.2, 0) is 0 Å². The second-order valence-corrected chi connectivity index (χ2v) is 5.04. The third-order valence-electron chi connectivity index (χ3n) is 3.01. The molecule has 2 rings (SSSR count). The number of pyridine rings is 1. The lowest BCUT2D eigenvalue weighted by atomic mass is 9.95. The number of nitrogens with zero attached hydrogens (tertiary/aromatic N) is 2. The predicted molar refractivity (Wildman–Crippen MR) is 65.9 cm³/mol. The predicted octanol–water partition coefficient (Wildman–Crippen LogP) is 2.02. The van der Waals surface area contributed by atoms with Gasteiger partial charge in [-0.1, -0.05) is 6.92 Å². The summed E-state index contributed by atoms with van der Waals surface area (Å²) in [5, 5.41) is 0. The number of nitrogens with two attached hydrogens (primary N) is 1. The molecule has 0 spiro atoms. The minimum atomic E-state index is 0.337. The maximum Gasteiger partial charge on any atom is 0.142 e. The van der Waals surface area contributed by atoms with E-state index in [4.69, 9.17) is 5.73 Å². The van der Waals surface area contributed by atoms with Crippen LogP contribution >= 0.6 is 15.9 Å². The van der Waals surface area contributed by atoms with E-state index in [1.54, 1.807) is 0 Å². The second kappa shape index (κ2) is 4.49. The quantitative estimate of drug-likeness (QED) is 0.848. The molecule has 15 heavy (non-hydrogen) atoms. The summed E-state index contributed by atoms with van der Waals surface area (Å²) >= 11 is 3.53. The summed E-state index contributed by atoms with van der Waals surface area (Å²) in [5.41, 5.74) is 6.00. The van der Waals surface area contributed by atoms with Gasteiger partial charge in [0, 0.05) is 25.3 Å². The zero-order valence-corrected chi connectivity index (χ0v) is 10.4. The van der Waals surface area contributed by atoms with Gasteiger partial charge in [-0.2, -0.15) is 0 Å². The first kappa shape index (κ1) is 10.9. The molecular weight excluding hydrogens is 254 g/mol. The molecule has 1 aliphatic heterocycles. The van der Waals surface area contributed by atoms with Crippen molar-refractivity contribution < 1.29 is 0 Å². The third-order valence-corrected chi connectivity index (χ3v) is 3.63. The fraction of sp³-hybridized carbons (Fsp3) is 0.545. The van der Waals surface area contributed by atoms with E-state index in [9.17, 15) is 0 Å². The lowest BCUT2D eigenvalue weighted by molar-refractivity contribution is 0.381. The zero-order chi connectivity index (χ0) is 10.8. The summed E-state index contributed by atoms with van der Waals surface area (Å²) in [7, 11) is 0. The van der Waals surface area contributed by atoms with E-state index in [0.717, 1.165) is 29.8 Å². The molecule has 0 saturated carbocycles. The van der Waals surface area contributed by atoms with Crippen LogP contribution in [0.25, 0.3) is 0 Å². The average molecular weight is 270 g/mol. The minimum absolute atomic E-state index is 0.337. The first-order chi connectivity index (χ1) is 7.18. The molecule has 2 atom stereocenters. The van der Waals surface area contributed by atoms with Gasteiger partial charge in [0.05, 0.1) is 4.47 Å². The standard InChI is InChI=1S/C11H16BrN3/c1-8-7-15(6-4-10(8)13)11-9(12)3-2-5-14-11/h2-3,5,8,10H,4,6-7,13H2,1H3. The second-order valence-electron chi connectivity index (χ2n) is 4.18. The van der Waals surface area contributed by atoms with Gasteiger partial charge in [-0.15, -0.1) is 0 Å². The Kier molecular flexibility index (Phi) is 3.26. The lowest BCUT2D eigenvalue weighted by Gasteiger charge is -2.36. The van der Waals surface area contributed by atoms with Crippen molar-refractivity contribution in [2.75, 3.05) is 18.0 Å². The molecule has 1 fully saturated rings. The molecule has 4 heteroatoms. The SMILES string of the molecule is CC1CN(c2ncccc2Br)CCC1N. The summed E-state index contributed by atoms with van der Waals surface area (Å²) in [6.07, 6.45) is 2.88. The smallest absolute Gasteiger partial charge is 0.142 e. The van der Waals surface area contributed by atoms with Crippen molar-refractivity contribution in [3.05, 3.63) is 22.8 Å². The van der Waals surface area contributed by atoms with Crippen LogP contribution < -0.4 is 10.6 Å². The van der Waals surface area contributed by atoms with Crippen LogP contribution in [0.15, 0.2) is 22.8 Å². The maximum absolute atomic E-state index is 6.00. The van der Waals surface area contributed by atoms with Crippen molar-refractivity contribution in [2.45, 2.75) is 19.4 Å². The molecule has 82 valence electrons. The van der Waals surface area contributed by atoms with Gasteiger partial charge in [-0.05, 0) is 40.4 Å². The van der Waals surface area contributed by atoms with Crippen molar-refractivity contribution in [1.29, 1.82) is 0 Å². The van der Waals surface area contributed by atoms with Crippen LogP contribution in [0.5, 0.6) is 0 Å². The Morgan fingerprint density at radius 2 is 2.40 bits per heavy atom. The van der Waals surface area contributed by atoms with Gasteiger partial charge in [-0.25, -0.2) is 4.98 Å². The Bertz CT molecular complexity index is 342. The molecule has 2 N–H and O–H groups in total. The molecule has 0 bridgehead atoms. The Balaban J connectivity index is 2.15. The van der Waals surface area contributed by atoms with Crippen molar-refractivity contribution in [2.24, 2.45) is 11.7 Å². The average Bonchev–Trinajstić information content (AvgIpc) is 2.23. The zero-order valence-electron chi connectivity index (χ0n) is 8.86. The van der Waals surface area contributed by atoms with E-state index in [-0.39, 0.29) is 0 Å². The largest absolute Gasteiger partial charge is 0.355 e. The van der Waals surface area contributed by atoms with Crippen LogP contribution in [0, 0.1) is 5.92 Å². The molecule has 1 saturated heterocycles. The van der Waals surface area contributed by atoms with Gasteiger partial charge in [0.15, 0.2) is 0 Å². The fourth-order valence-corrected chi connectivity index (χ4v) is 2.47. The molecule has 0 aromatic carbocycles. The summed E-state index contributed by atoms with van der Waals surface area (Å²) in [4.78, 5) is 6.70. The van der Waals surface area contributed by atoms with Gasteiger partial charge in [-0.3, -0.25) is 0 Å². The number of hydrogen-bond donors (Lipinski definition) is 1. The molecule has 2 heterocycles. The molecule has 2 unspecified atom stereocenters. The monoisotopic (exact) mass is 269 g/mol. The first-order valence-electron chi connectivity index (χ1n) is 5.29. The number of hydrogen-bond acceptors (Lipinski definition) is 3. The molecule has 3 nitrogen and oxygen atoms in total. The van der Waals surface area contributed by atoms with Gasteiger partial charge in [0.1, 0.15) is 5.82 Å². The summed E-state index contributed by atoms with van der Waals surface area (Å²) in [6, 6.07) is 4.30. The van der Waals surface area contributed by atoms with Gasteiger partial charge < -0.3 is 10.6 Å². The van der Waals surface area contributed by atoms with Gasteiger partial charge in [0.2, 0.25) is 0 Å². The summed E-state index contributed by atoms with van der Waals surface area (Å²) in [5.74, 6) is 1.57. The molecule has 0 radical (unpaired) electrons. The third kappa shape index (κ3) is 2.32. The molecule has 1 aromatic heterocycles.